The Bertz CT molecular complexity index is 506. The maximum atomic E-state index is 5.83. The third-order valence-electron chi connectivity index (χ3n) is 3.32. The third kappa shape index (κ3) is 4.07. The van der Waals surface area contributed by atoms with Crippen LogP contribution in [0.5, 0.6) is 0 Å². The lowest BCUT2D eigenvalue weighted by Gasteiger charge is -2.23. The number of anilines is 1. The lowest BCUT2D eigenvalue weighted by Crippen LogP contribution is -2.22. The fourth-order valence-electron chi connectivity index (χ4n) is 2.29. The van der Waals surface area contributed by atoms with Gasteiger partial charge in [0.15, 0.2) is 0 Å². The van der Waals surface area contributed by atoms with Crippen LogP contribution in [-0.4, -0.2) is 17.6 Å². The van der Waals surface area contributed by atoms with Crippen molar-refractivity contribution in [1.82, 2.24) is 4.98 Å². The molecule has 0 bridgehead atoms. The van der Waals surface area contributed by atoms with Crippen LogP contribution < -0.4 is 10.6 Å². The molecule has 106 valence electrons. The molecule has 0 amide bonds. The molecule has 3 nitrogen and oxygen atoms in total. The normalized spacial score (nSPS) is 12.2. The Balaban J connectivity index is 2.07. The SMILES string of the molecule is CCN(Cc1ccccn1)c1ccc(CC(C)N)cc1. The van der Waals surface area contributed by atoms with Crippen LogP contribution in [0, 0.1) is 0 Å². The van der Waals surface area contributed by atoms with Gasteiger partial charge in [0.25, 0.3) is 0 Å². The van der Waals surface area contributed by atoms with Gasteiger partial charge in [0, 0.05) is 24.5 Å². The van der Waals surface area contributed by atoms with Gasteiger partial charge in [-0.25, -0.2) is 0 Å². The minimum atomic E-state index is 0.205. The van der Waals surface area contributed by atoms with E-state index in [4.69, 9.17) is 5.73 Å². The van der Waals surface area contributed by atoms with Gasteiger partial charge in [-0.1, -0.05) is 18.2 Å². The molecule has 0 aliphatic carbocycles. The predicted molar refractivity (Wildman–Crippen MR) is 84.8 cm³/mol. The average Bonchev–Trinajstić information content (AvgIpc) is 2.46. The molecule has 1 aromatic heterocycles. The Hall–Kier alpha value is -1.87. The molecule has 20 heavy (non-hydrogen) atoms. The van der Waals surface area contributed by atoms with Crippen LogP contribution in [0.1, 0.15) is 25.1 Å². The average molecular weight is 269 g/mol. The fourth-order valence-corrected chi connectivity index (χ4v) is 2.29. The summed E-state index contributed by atoms with van der Waals surface area (Å²) in [5.41, 5.74) is 9.44. The van der Waals surface area contributed by atoms with E-state index in [1.165, 1.54) is 11.3 Å². The first-order chi connectivity index (χ1) is 9.69. The van der Waals surface area contributed by atoms with Crippen LogP contribution in [0.2, 0.25) is 0 Å². The highest BCUT2D eigenvalue weighted by molar-refractivity contribution is 5.47. The van der Waals surface area contributed by atoms with Gasteiger partial charge < -0.3 is 10.6 Å². The Kier molecular flexibility index (Phi) is 5.13. The van der Waals surface area contributed by atoms with Crippen molar-refractivity contribution in [3.8, 4) is 0 Å². The minimum absolute atomic E-state index is 0.205. The summed E-state index contributed by atoms with van der Waals surface area (Å²) < 4.78 is 0. The van der Waals surface area contributed by atoms with Crippen molar-refractivity contribution in [2.45, 2.75) is 32.9 Å². The summed E-state index contributed by atoms with van der Waals surface area (Å²) in [6.07, 6.45) is 2.77. The highest BCUT2D eigenvalue weighted by Crippen LogP contribution is 2.18. The standard InChI is InChI=1S/C17H23N3/c1-3-20(13-16-6-4-5-11-19-16)17-9-7-15(8-10-17)12-14(2)18/h4-11,14H,3,12-13,18H2,1-2H3. The Morgan fingerprint density at radius 1 is 1.15 bits per heavy atom. The van der Waals surface area contributed by atoms with Crippen molar-refractivity contribution in [3.05, 3.63) is 59.9 Å². The van der Waals surface area contributed by atoms with Gasteiger partial charge in [-0.15, -0.1) is 0 Å². The molecular weight excluding hydrogens is 246 g/mol. The van der Waals surface area contributed by atoms with Crippen LogP contribution >= 0.6 is 0 Å². The van der Waals surface area contributed by atoms with E-state index in [-0.39, 0.29) is 6.04 Å². The van der Waals surface area contributed by atoms with Crippen molar-refractivity contribution >= 4 is 5.69 Å². The topological polar surface area (TPSA) is 42.2 Å². The zero-order valence-electron chi connectivity index (χ0n) is 12.3. The maximum Gasteiger partial charge on any atom is 0.0601 e. The highest BCUT2D eigenvalue weighted by Gasteiger charge is 2.06. The molecule has 0 radical (unpaired) electrons. The quantitative estimate of drug-likeness (QED) is 0.876. The van der Waals surface area contributed by atoms with Crippen LogP contribution in [-0.2, 0) is 13.0 Å². The van der Waals surface area contributed by atoms with Crippen LogP contribution in [0.15, 0.2) is 48.7 Å². The second kappa shape index (κ2) is 7.06. The van der Waals surface area contributed by atoms with Gasteiger partial charge >= 0.3 is 0 Å². The van der Waals surface area contributed by atoms with Crippen LogP contribution in [0.25, 0.3) is 0 Å². The molecule has 1 aromatic carbocycles. The molecule has 0 aliphatic heterocycles. The maximum absolute atomic E-state index is 5.83. The number of nitrogens with two attached hydrogens (primary N) is 1. The molecule has 2 rings (SSSR count). The van der Waals surface area contributed by atoms with E-state index in [1.807, 2.05) is 25.3 Å². The Morgan fingerprint density at radius 2 is 1.90 bits per heavy atom. The number of pyridine rings is 1. The molecule has 0 saturated heterocycles. The summed E-state index contributed by atoms with van der Waals surface area (Å²) in [6, 6.07) is 14.9. The summed E-state index contributed by atoms with van der Waals surface area (Å²) in [6.45, 7) is 6.00. The fraction of sp³-hybridized carbons (Fsp3) is 0.353. The Morgan fingerprint density at radius 3 is 2.45 bits per heavy atom. The number of aromatic nitrogens is 1. The lowest BCUT2D eigenvalue weighted by atomic mass is 10.1. The van der Waals surface area contributed by atoms with E-state index in [0.29, 0.717) is 0 Å². The summed E-state index contributed by atoms with van der Waals surface area (Å²) in [5.74, 6) is 0. The van der Waals surface area contributed by atoms with Gasteiger partial charge in [0.1, 0.15) is 0 Å². The molecule has 3 heteroatoms. The van der Waals surface area contributed by atoms with Crippen molar-refractivity contribution < 1.29 is 0 Å². The first-order valence-electron chi connectivity index (χ1n) is 7.18. The summed E-state index contributed by atoms with van der Waals surface area (Å²) in [4.78, 5) is 6.71. The van der Waals surface area contributed by atoms with Gasteiger partial charge in [0.05, 0.1) is 12.2 Å². The number of nitrogens with zero attached hydrogens (tertiary/aromatic N) is 2. The van der Waals surface area contributed by atoms with E-state index in [2.05, 4.69) is 47.1 Å². The number of hydrogen-bond donors (Lipinski definition) is 1. The second-order valence-corrected chi connectivity index (χ2v) is 5.18. The predicted octanol–water partition coefficient (Wildman–Crippen LogP) is 3.00. The largest absolute Gasteiger partial charge is 0.366 e. The number of rotatable bonds is 6. The summed E-state index contributed by atoms with van der Waals surface area (Å²) >= 11 is 0. The Labute approximate surface area is 121 Å². The molecule has 0 spiro atoms. The minimum Gasteiger partial charge on any atom is -0.366 e. The number of hydrogen-bond acceptors (Lipinski definition) is 3. The molecule has 0 fully saturated rings. The zero-order valence-corrected chi connectivity index (χ0v) is 12.3. The van der Waals surface area contributed by atoms with E-state index in [0.717, 1.165) is 25.2 Å². The number of benzene rings is 1. The van der Waals surface area contributed by atoms with Crippen molar-refractivity contribution in [3.63, 3.8) is 0 Å². The van der Waals surface area contributed by atoms with E-state index in [1.54, 1.807) is 0 Å². The van der Waals surface area contributed by atoms with Crippen LogP contribution in [0.3, 0.4) is 0 Å². The monoisotopic (exact) mass is 269 g/mol. The molecule has 0 saturated carbocycles. The van der Waals surface area contributed by atoms with Crippen molar-refractivity contribution in [1.29, 1.82) is 0 Å². The second-order valence-electron chi connectivity index (χ2n) is 5.18. The first-order valence-corrected chi connectivity index (χ1v) is 7.18. The molecule has 0 aliphatic rings. The highest BCUT2D eigenvalue weighted by atomic mass is 15.1. The zero-order chi connectivity index (χ0) is 14.4. The van der Waals surface area contributed by atoms with Gasteiger partial charge in [-0.05, 0) is 50.1 Å². The van der Waals surface area contributed by atoms with E-state index in [9.17, 15) is 0 Å². The first kappa shape index (κ1) is 14.5. The smallest absolute Gasteiger partial charge is 0.0601 e. The lowest BCUT2D eigenvalue weighted by molar-refractivity contribution is 0.737. The third-order valence-corrected chi connectivity index (χ3v) is 3.32. The summed E-state index contributed by atoms with van der Waals surface area (Å²) in [7, 11) is 0. The molecule has 2 N–H and O–H groups in total. The van der Waals surface area contributed by atoms with E-state index < -0.39 is 0 Å². The van der Waals surface area contributed by atoms with Crippen molar-refractivity contribution in [2.75, 3.05) is 11.4 Å². The van der Waals surface area contributed by atoms with Crippen LogP contribution in [0.4, 0.5) is 5.69 Å². The van der Waals surface area contributed by atoms with Gasteiger partial charge in [-0.2, -0.15) is 0 Å². The molecule has 2 aromatic rings. The summed E-state index contributed by atoms with van der Waals surface area (Å²) in [5, 5.41) is 0. The molecule has 1 atom stereocenters. The molecule has 1 unspecified atom stereocenters. The van der Waals surface area contributed by atoms with Gasteiger partial charge in [-0.3, -0.25) is 4.98 Å². The molecular formula is C17H23N3. The van der Waals surface area contributed by atoms with Gasteiger partial charge in [0.2, 0.25) is 0 Å². The molecule has 1 heterocycles. The van der Waals surface area contributed by atoms with E-state index >= 15 is 0 Å². The van der Waals surface area contributed by atoms with Crippen molar-refractivity contribution in [2.24, 2.45) is 5.73 Å².